The quantitative estimate of drug-likeness (QED) is 0.0753. The molecule has 4 N–H and O–H groups in total. The third kappa shape index (κ3) is 9.33. The van der Waals surface area contributed by atoms with Crippen LogP contribution in [0.1, 0.15) is 42.4 Å². The van der Waals surface area contributed by atoms with Crippen molar-refractivity contribution in [1.29, 1.82) is 0 Å². The van der Waals surface area contributed by atoms with Crippen LogP contribution in [0.3, 0.4) is 0 Å². The molecule has 1 aliphatic heterocycles. The minimum absolute atomic E-state index is 0.158. The van der Waals surface area contributed by atoms with Gasteiger partial charge in [0.15, 0.2) is 0 Å². The van der Waals surface area contributed by atoms with E-state index in [1.54, 1.807) is 41.2 Å². The number of urea groups is 1. The lowest BCUT2D eigenvalue weighted by molar-refractivity contribution is 0.00265. The molecule has 0 aliphatic carbocycles. The molecule has 13 nitrogen and oxygen atoms in total. The number of ether oxygens (including phenoxy) is 2. The Balaban J connectivity index is 1.03. The van der Waals surface area contributed by atoms with Crippen LogP contribution in [0.25, 0.3) is 16.5 Å². The number of aryl methyl sites for hydroxylation is 1. The van der Waals surface area contributed by atoms with Crippen LogP contribution in [-0.4, -0.2) is 74.0 Å². The summed E-state index contributed by atoms with van der Waals surface area (Å²) in [6, 6.07) is 31.6. The standard InChI is InChI=1S/C42H44BrN9O4/c1-27-14-16-29(17-15-27)52-36(24-34(50-52)42(2,3)4)48-41(54)45-32-18-19-33(31-13-9-8-12-30(31)32)56-38-20-21-44-40(49-38)47-37-26-55-23-22-51(37)25-35(43)46-39(53)28-10-6-5-7-11-28/h5-21,24,35,37H,22-23,25-26H2,1-4H3,(H,46,53)(H,44,47,49)(H2,45,48,54). The topological polar surface area (TPSA) is 148 Å². The van der Waals surface area contributed by atoms with Crippen molar-refractivity contribution in [2.45, 2.75) is 44.2 Å². The van der Waals surface area contributed by atoms with Gasteiger partial charge in [-0.25, -0.2) is 14.5 Å². The molecule has 3 heterocycles. The Morgan fingerprint density at radius 1 is 0.946 bits per heavy atom. The van der Waals surface area contributed by atoms with Gasteiger partial charge in [-0.1, -0.05) is 96.9 Å². The third-order valence-corrected chi connectivity index (χ3v) is 9.75. The van der Waals surface area contributed by atoms with Crippen LogP contribution < -0.4 is 26.0 Å². The molecule has 1 fully saturated rings. The molecular formula is C42H44BrN9O4. The van der Waals surface area contributed by atoms with Crippen molar-refractivity contribution >= 4 is 56.1 Å². The summed E-state index contributed by atoms with van der Waals surface area (Å²) < 4.78 is 13.9. The highest BCUT2D eigenvalue weighted by Crippen LogP contribution is 2.34. The van der Waals surface area contributed by atoms with Gasteiger partial charge in [0.2, 0.25) is 11.8 Å². The smallest absolute Gasteiger partial charge is 0.324 e. The Bertz CT molecular complexity index is 2310. The lowest BCUT2D eigenvalue weighted by Crippen LogP contribution is -2.53. The van der Waals surface area contributed by atoms with E-state index in [1.165, 1.54) is 0 Å². The number of benzene rings is 4. The van der Waals surface area contributed by atoms with E-state index in [0.29, 0.717) is 60.9 Å². The number of amides is 3. The van der Waals surface area contributed by atoms with Gasteiger partial charge < -0.3 is 25.4 Å². The maximum Gasteiger partial charge on any atom is 0.324 e. The number of aromatic nitrogens is 4. The maximum atomic E-state index is 13.5. The number of alkyl halides is 1. The minimum Gasteiger partial charge on any atom is -0.438 e. The molecule has 6 aromatic rings. The highest BCUT2D eigenvalue weighted by atomic mass is 79.9. The Morgan fingerprint density at radius 3 is 2.46 bits per heavy atom. The summed E-state index contributed by atoms with van der Waals surface area (Å²) in [6.07, 6.45) is 1.38. The van der Waals surface area contributed by atoms with E-state index in [4.69, 9.17) is 14.6 Å². The van der Waals surface area contributed by atoms with Crippen LogP contribution in [-0.2, 0) is 10.2 Å². The van der Waals surface area contributed by atoms with Gasteiger partial charge in [-0.05, 0) is 43.3 Å². The molecule has 0 spiro atoms. The molecule has 2 aromatic heterocycles. The minimum atomic E-state index is -0.408. The van der Waals surface area contributed by atoms with Gasteiger partial charge >= 0.3 is 6.03 Å². The summed E-state index contributed by atoms with van der Waals surface area (Å²) in [7, 11) is 0. The van der Waals surface area contributed by atoms with Gasteiger partial charge in [0.25, 0.3) is 5.91 Å². The molecule has 7 rings (SSSR count). The van der Waals surface area contributed by atoms with Gasteiger partial charge in [-0.3, -0.25) is 15.0 Å². The number of hydrogen-bond acceptors (Lipinski definition) is 9. The highest BCUT2D eigenvalue weighted by Gasteiger charge is 2.27. The molecule has 0 saturated carbocycles. The second-order valence-corrected chi connectivity index (χ2v) is 15.6. The van der Waals surface area contributed by atoms with E-state index in [2.05, 4.69) is 72.8 Å². The predicted molar refractivity (Wildman–Crippen MR) is 222 cm³/mol. The average Bonchev–Trinajstić information content (AvgIpc) is 3.61. The number of morpholine rings is 1. The van der Waals surface area contributed by atoms with E-state index in [-0.39, 0.29) is 22.4 Å². The Hall–Kier alpha value is -5.83. The summed E-state index contributed by atoms with van der Waals surface area (Å²) >= 11 is 3.62. The van der Waals surface area contributed by atoms with Crippen LogP contribution in [0.2, 0.25) is 0 Å². The summed E-state index contributed by atoms with van der Waals surface area (Å²) in [5, 5.41) is 18.8. The van der Waals surface area contributed by atoms with E-state index >= 15 is 0 Å². The number of halogens is 1. The molecule has 2 atom stereocenters. The monoisotopic (exact) mass is 817 g/mol. The lowest BCUT2D eigenvalue weighted by Gasteiger charge is -2.37. The van der Waals surface area contributed by atoms with Gasteiger partial charge in [0.05, 0.1) is 35.2 Å². The van der Waals surface area contributed by atoms with E-state index in [9.17, 15) is 9.59 Å². The number of nitrogens with one attached hydrogen (secondary N) is 4. The predicted octanol–water partition coefficient (Wildman–Crippen LogP) is 8.08. The molecule has 288 valence electrons. The number of fused-ring (bicyclic) bond motifs is 1. The zero-order valence-electron chi connectivity index (χ0n) is 31.6. The first-order valence-electron chi connectivity index (χ1n) is 18.4. The zero-order chi connectivity index (χ0) is 39.2. The van der Waals surface area contributed by atoms with E-state index in [0.717, 1.165) is 27.7 Å². The fraction of sp³-hybridized carbons (Fsp3) is 0.262. The van der Waals surface area contributed by atoms with Crippen molar-refractivity contribution in [2.75, 3.05) is 42.3 Å². The van der Waals surface area contributed by atoms with Crippen molar-refractivity contribution in [2.24, 2.45) is 0 Å². The molecule has 14 heteroatoms. The fourth-order valence-corrected chi connectivity index (χ4v) is 6.82. The van der Waals surface area contributed by atoms with Gasteiger partial charge in [-0.15, -0.1) is 0 Å². The number of carbonyl (C=O) groups is 2. The maximum absolute atomic E-state index is 13.5. The molecule has 2 unspecified atom stereocenters. The van der Waals surface area contributed by atoms with E-state index in [1.807, 2.05) is 79.7 Å². The van der Waals surface area contributed by atoms with Crippen LogP contribution in [0.5, 0.6) is 11.6 Å². The SMILES string of the molecule is Cc1ccc(-n2nc(C(C)(C)C)cc2NC(=O)Nc2ccc(Oc3ccnc(NC4COCCN4CC(Br)NC(=O)c4ccccc4)n3)c3ccccc23)cc1. The lowest BCUT2D eigenvalue weighted by atomic mass is 9.92. The van der Waals surface area contributed by atoms with Crippen molar-refractivity contribution in [3.8, 4) is 17.3 Å². The molecule has 4 aromatic carbocycles. The number of nitrogens with zero attached hydrogens (tertiary/aromatic N) is 5. The third-order valence-electron chi connectivity index (χ3n) is 9.23. The summed E-state index contributed by atoms with van der Waals surface area (Å²) in [6.45, 7) is 10.4. The summed E-state index contributed by atoms with van der Waals surface area (Å²) in [4.78, 5) is 37.2. The highest BCUT2D eigenvalue weighted by molar-refractivity contribution is 9.09. The average molecular weight is 819 g/mol. The van der Waals surface area contributed by atoms with Crippen molar-refractivity contribution < 1.29 is 19.1 Å². The van der Waals surface area contributed by atoms with Gasteiger partial charge in [-0.2, -0.15) is 10.1 Å². The van der Waals surface area contributed by atoms with Crippen LogP contribution in [0, 0.1) is 6.92 Å². The first-order chi connectivity index (χ1) is 27.0. The van der Waals surface area contributed by atoms with Crippen LogP contribution >= 0.6 is 15.9 Å². The zero-order valence-corrected chi connectivity index (χ0v) is 33.2. The van der Waals surface area contributed by atoms with Crippen molar-refractivity contribution in [1.82, 2.24) is 30.0 Å². The van der Waals surface area contributed by atoms with Crippen LogP contribution in [0.4, 0.5) is 22.2 Å². The number of carbonyl (C=O) groups excluding carboxylic acids is 2. The van der Waals surface area contributed by atoms with Crippen LogP contribution in [0.15, 0.2) is 109 Å². The second-order valence-electron chi connectivity index (χ2n) is 14.5. The summed E-state index contributed by atoms with van der Waals surface area (Å²) in [5.74, 6) is 1.65. The number of rotatable bonds is 11. The molecule has 1 aliphatic rings. The van der Waals surface area contributed by atoms with Gasteiger partial charge in [0.1, 0.15) is 17.7 Å². The van der Waals surface area contributed by atoms with Gasteiger partial charge in [0, 0.05) is 53.2 Å². The molecular weight excluding hydrogens is 774 g/mol. The molecule has 1 saturated heterocycles. The first-order valence-corrected chi connectivity index (χ1v) is 19.3. The fourth-order valence-electron chi connectivity index (χ4n) is 6.25. The normalized spacial score (nSPS) is 15.2. The summed E-state index contributed by atoms with van der Waals surface area (Å²) in [5.41, 5.74) is 3.81. The number of anilines is 3. The Kier molecular flexibility index (Phi) is 11.6. The van der Waals surface area contributed by atoms with Crippen molar-refractivity contribution in [3.63, 3.8) is 0 Å². The largest absolute Gasteiger partial charge is 0.438 e. The van der Waals surface area contributed by atoms with E-state index < -0.39 is 6.03 Å². The Morgan fingerprint density at radius 2 is 1.70 bits per heavy atom. The Labute approximate surface area is 334 Å². The van der Waals surface area contributed by atoms with Crippen molar-refractivity contribution in [3.05, 3.63) is 126 Å². The molecule has 0 bridgehead atoms. The molecule has 3 amide bonds. The molecule has 0 radical (unpaired) electrons. The first kappa shape index (κ1) is 38.4. The second kappa shape index (κ2) is 16.9. The molecule has 56 heavy (non-hydrogen) atoms. The number of hydrogen-bond donors (Lipinski definition) is 4.